The van der Waals surface area contributed by atoms with Gasteiger partial charge in [0.1, 0.15) is 5.69 Å². The molecule has 20 heavy (non-hydrogen) atoms. The summed E-state index contributed by atoms with van der Waals surface area (Å²) in [6.45, 7) is 6.95. The van der Waals surface area contributed by atoms with E-state index in [1.807, 2.05) is 20.0 Å². The third-order valence-corrected chi connectivity index (χ3v) is 4.13. The number of hydrogen-bond donors (Lipinski definition) is 2. The third kappa shape index (κ3) is 2.77. The van der Waals surface area contributed by atoms with Gasteiger partial charge in [-0.3, -0.25) is 9.78 Å². The number of nitrogens with one attached hydrogen (secondary N) is 2. The maximum atomic E-state index is 12.2. The first kappa shape index (κ1) is 14.8. The molecule has 1 saturated carbocycles. The van der Waals surface area contributed by atoms with E-state index in [9.17, 15) is 4.79 Å². The quantitative estimate of drug-likeness (QED) is 0.864. The van der Waals surface area contributed by atoms with Crippen molar-refractivity contribution in [2.75, 3.05) is 19.0 Å². The molecule has 1 amide bonds. The third-order valence-electron chi connectivity index (χ3n) is 4.13. The summed E-state index contributed by atoms with van der Waals surface area (Å²) in [4.78, 5) is 16.3. The zero-order chi connectivity index (χ0) is 14.8. The Morgan fingerprint density at radius 1 is 1.55 bits per heavy atom. The topological polar surface area (TPSA) is 63.2 Å². The van der Waals surface area contributed by atoms with Gasteiger partial charge in [0.25, 0.3) is 5.91 Å². The molecule has 110 valence electrons. The van der Waals surface area contributed by atoms with Gasteiger partial charge in [-0.15, -0.1) is 0 Å². The van der Waals surface area contributed by atoms with Crippen LogP contribution in [0, 0.1) is 5.41 Å². The molecule has 5 nitrogen and oxygen atoms in total. The van der Waals surface area contributed by atoms with Crippen LogP contribution in [0.1, 0.15) is 37.7 Å². The summed E-state index contributed by atoms with van der Waals surface area (Å²) in [6, 6.07) is 3.71. The molecule has 2 rings (SSSR count). The second-order valence-electron chi connectivity index (χ2n) is 5.71. The molecule has 0 spiro atoms. The van der Waals surface area contributed by atoms with Crippen LogP contribution in [0.25, 0.3) is 0 Å². The molecule has 0 radical (unpaired) electrons. The number of nitrogens with zero attached hydrogens (tertiary/aromatic N) is 1. The fraction of sp³-hybridized carbons (Fsp3) is 0.600. The summed E-state index contributed by atoms with van der Waals surface area (Å²) in [7, 11) is 1.82. The minimum absolute atomic E-state index is 0.0354. The minimum atomic E-state index is -0.130. The van der Waals surface area contributed by atoms with Gasteiger partial charge in [0.05, 0.1) is 6.10 Å². The van der Waals surface area contributed by atoms with Crippen molar-refractivity contribution in [1.82, 2.24) is 10.3 Å². The zero-order valence-electron chi connectivity index (χ0n) is 12.6. The van der Waals surface area contributed by atoms with Crippen LogP contribution >= 0.6 is 0 Å². The lowest BCUT2D eigenvalue weighted by atomic mass is 9.64. The van der Waals surface area contributed by atoms with Crippen molar-refractivity contribution >= 4 is 11.6 Å². The van der Waals surface area contributed by atoms with Crippen molar-refractivity contribution < 1.29 is 9.53 Å². The fourth-order valence-electron chi connectivity index (χ4n) is 2.56. The maximum absolute atomic E-state index is 12.2. The van der Waals surface area contributed by atoms with E-state index in [1.165, 1.54) is 0 Å². The van der Waals surface area contributed by atoms with Crippen LogP contribution in [0.3, 0.4) is 0 Å². The molecule has 0 saturated heterocycles. The Morgan fingerprint density at radius 2 is 2.30 bits per heavy atom. The zero-order valence-corrected chi connectivity index (χ0v) is 12.6. The number of hydrogen-bond acceptors (Lipinski definition) is 4. The summed E-state index contributed by atoms with van der Waals surface area (Å²) >= 11 is 0. The van der Waals surface area contributed by atoms with E-state index in [0.29, 0.717) is 12.3 Å². The summed E-state index contributed by atoms with van der Waals surface area (Å²) in [6.07, 6.45) is 2.71. The van der Waals surface area contributed by atoms with E-state index in [0.717, 1.165) is 12.1 Å². The molecule has 5 heteroatoms. The number of anilines is 1. The highest BCUT2D eigenvalue weighted by Crippen LogP contribution is 2.42. The van der Waals surface area contributed by atoms with Gasteiger partial charge in [-0.1, -0.05) is 13.8 Å². The van der Waals surface area contributed by atoms with E-state index >= 15 is 0 Å². The van der Waals surface area contributed by atoms with Crippen molar-refractivity contribution in [3.05, 3.63) is 24.0 Å². The van der Waals surface area contributed by atoms with E-state index in [-0.39, 0.29) is 23.5 Å². The summed E-state index contributed by atoms with van der Waals surface area (Å²) in [5, 5.41) is 6.06. The lowest BCUT2D eigenvalue weighted by molar-refractivity contribution is -0.111. The van der Waals surface area contributed by atoms with Gasteiger partial charge >= 0.3 is 0 Å². The van der Waals surface area contributed by atoms with Crippen LogP contribution in [-0.2, 0) is 4.74 Å². The van der Waals surface area contributed by atoms with Crippen molar-refractivity contribution in [1.29, 1.82) is 0 Å². The predicted molar refractivity (Wildman–Crippen MR) is 78.8 cm³/mol. The number of aromatic nitrogens is 1. The van der Waals surface area contributed by atoms with E-state index in [2.05, 4.69) is 29.5 Å². The van der Waals surface area contributed by atoms with Crippen LogP contribution in [0.5, 0.6) is 0 Å². The second kappa shape index (κ2) is 5.79. The molecule has 2 N–H and O–H groups in total. The number of pyridine rings is 1. The largest absolute Gasteiger partial charge is 0.388 e. The fourth-order valence-corrected chi connectivity index (χ4v) is 2.56. The SMILES string of the molecule is CCOC1CC(NC(=O)c2cc(NC)ccn2)C1(C)C. The monoisotopic (exact) mass is 277 g/mol. The van der Waals surface area contributed by atoms with Gasteiger partial charge in [-0.2, -0.15) is 0 Å². The van der Waals surface area contributed by atoms with E-state index in [1.54, 1.807) is 12.3 Å². The number of rotatable bonds is 5. The van der Waals surface area contributed by atoms with Crippen molar-refractivity contribution in [3.8, 4) is 0 Å². The lowest BCUT2D eigenvalue weighted by Gasteiger charge is -2.51. The number of carbonyl (C=O) groups excluding carboxylic acids is 1. The Bertz CT molecular complexity index is 488. The average Bonchev–Trinajstić information content (AvgIpc) is 2.46. The second-order valence-corrected chi connectivity index (χ2v) is 5.71. The molecule has 1 aromatic rings. The van der Waals surface area contributed by atoms with Crippen LogP contribution < -0.4 is 10.6 Å². The Hall–Kier alpha value is -1.62. The minimum Gasteiger partial charge on any atom is -0.388 e. The smallest absolute Gasteiger partial charge is 0.270 e. The molecule has 2 atom stereocenters. The molecule has 1 aliphatic carbocycles. The molecule has 1 aliphatic rings. The highest BCUT2D eigenvalue weighted by molar-refractivity contribution is 5.93. The van der Waals surface area contributed by atoms with E-state index < -0.39 is 0 Å². The molecule has 1 aromatic heterocycles. The van der Waals surface area contributed by atoms with Crippen molar-refractivity contribution in [2.24, 2.45) is 5.41 Å². The van der Waals surface area contributed by atoms with Crippen LogP contribution in [0.2, 0.25) is 0 Å². The molecule has 0 aromatic carbocycles. The van der Waals surface area contributed by atoms with Gasteiger partial charge in [0, 0.05) is 37.0 Å². The standard InChI is InChI=1S/C15H23N3O2/c1-5-20-13-9-12(15(13,2)3)18-14(19)11-8-10(16-4)6-7-17-11/h6-8,12-13H,5,9H2,1-4H3,(H,16,17)(H,18,19). The highest BCUT2D eigenvalue weighted by atomic mass is 16.5. The molecule has 0 aliphatic heterocycles. The molecular weight excluding hydrogens is 254 g/mol. The summed E-state index contributed by atoms with van der Waals surface area (Å²) in [5.74, 6) is -0.130. The molecule has 1 fully saturated rings. The Balaban J connectivity index is 1.99. The predicted octanol–water partition coefficient (Wildman–Crippen LogP) is 2.06. The number of ether oxygens (including phenoxy) is 1. The van der Waals surface area contributed by atoms with Crippen LogP contribution in [-0.4, -0.2) is 36.7 Å². The van der Waals surface area contributed by atoms with Gasteiger partial charge < -0.3 is 15.4 Å². The molecular formula is C15H23N3O2. The van der Waals surface area contributed by atoms with Gasteiger partial charge in [0.2, 0.25) is 0 Å². The highest BCUT2D eigenvalue weighted by Gasteiger charge is 2.49. The number of amides is 1. The van der Waals surface area contributed by atoms with Crippen molar-refractivity contribution in [3.63, 3.8) is 0 Å². The lowest BCUT2D eigenvalue weighted by Crippen LogP contribution is -2.62. The summed E-state index contributed by atoms with van der Waals surface area (Å²) < 4.78 is 5.67. The average molecular weight is 277 g/mol. The first-order valence-electron chi connectivity index (χ1n) is 7.05. The Morgan fingerprint density at radius 3 is 2.90 bits per heavy atom. The summed E-state index contributed by atoms with van der Waals surface area (Å²) in [5.41, 5.74) is 1.28. The molecule has 1 heterocycles. The number of carbonyl (C=O) groups is 1. The molecule has 2 unspecified atom stereocenters. The van der Waals surface area contributed by atoms with Gasteiger partial charge in [-0.25, -0.2) is 0 Å². The van der Waals surface area contributed by atoms with Crippen LogP contribution in [0.4, 0.5) is 5.69 Å². The molecule has 0 bridgehead atoms. The Labute approximate surface area is 120 Å². The first-order chi connectivity index (χ1) is 9.48. The first-order valence-corrected chi connectivity index (χ1v) is 7.05. The maximum Gasteiger partial charge on any atom is 0.270 e. The van der Waals surface area contributed by atoms with E-state index in [4.69, 9.17) is 4.74 Å². The normalized spacial score (nSPS) is 23.8. The van der Waals surface area contributed by atoms with Crippen molar-refractivity contribution in [2.45, 2.75) is 39.3 Å². The van der Waals surface area contributed by atoms with Gasteiger partial charge in [-0.05, 0) is 25.5 Å². The Kier molecular flexibility index (Phi) is 4.28. The van der Waals surface area contributed by atoms with Gasteiger partial charge in [0.15, 0.2) is 0 Å². The van der Waals surface area contributed by atoms with Crippen LogP contribution in [0.15, 0.2) is 18.3 Å².